The zero-order valence-electron chi connectivity index (χ0n) is 14.5. The van der Waals surface area contributed by atoms with Gasteiger partial charge < -0.3 is 4.74 Å². The zero-order chi connectivity index (χ0) is 19.7. The Labute approximate surface area is 162 Å². The molecule has 10 heteroatoms. The Balaban J connectivity index is 1.49. The number of rotatable bonds is 5. The molecule has 0 unspecified atom stereocenters. The van der Waals surface area contributed by atoms with Crippen molar-refractivity contribution in [3.8, 4) is 0 Å². The van der Waals surface area contributed by atoms with Gasteiger partial charge in [0.2, 0.25) is 0 Å². The molecule has 0 spiro atoms. The van der Waals surface area contributed by atoms with E-state index in [1.54, 1.807) is 0 Å². The number of nitrogens with one attached hydrogen (secondary N) is 1. The Morgan fingerprint density at radius 1 is 1.29 bits per heavy atom. The second-order valence-electron chi connectivity index (χ2n) is 6.17. The van der Waals surface area contributed by atoms with Crippen LogP contribution in [-0.2, 0) is 22.4 Å². The van der Waals surface area contributed by atoms with Crippen molar-refractivity contribution in [1.29, 1.82) is 0 Å². The third-order valence-electron chi connectivity index (χ3n) is 4.38. The lowest BCUT2D eigenvalue weighted by Crippen LogP contribution is -2.21. The second kappa shape index (κ2) is 7.31. The SMILES string of the molecule is O=C(COC(=O)c1c2c(nc3ccccc13)CCC2)Nc1ncc([N+](=O)[O-])s1. The molecule has 0 fully saturated rings. The van der Waals surface area contributed by atoms with E-state index in [2.05, 4.69) is 15.3 Å². The Hall–Kier alpha value is -3.40. The number of hydrogen-bond donors (Lipinski definition) is 1. The number of para-hydroxylation sites is 1. The molecule has 0 radical (unpaired) electrons. The number of carbonyl (C=O) groups is 2. The number of esters is 1. The van der Waals surface area contributed by atoms with Crippen molar-refractivity contribution < 1.29 is 19.2 Å². The number of aromatic nitrogens is 2. The molecular weight excluding hydrogens is 384 g/mol. The summed E-state index contributed by atoms with van der Waals surface area (Å²) in [6, 6.07) is 7.33. The molecule has 2 heterocycles. The predicted octanol–water partition coefficient (Wildman–Crippen LogP) is 2.88. The van der Waals surface area contributed by atoms with Crippen molar-refractivity contribution >= 4 is 44.2 Å². The van der Waals surface area contributed by atoms with Gasteiger partial charge in [0.15, 0.2) is 11.7 Å². The van der Waals surface area contributed by atoms with E-state index >= 15 is 0 Å². The highest BCUT2D eigenvalue weighted by Gasteiger charge is 2.25. The monoisotopic (exact) mass is 398 g/mol. The summed E-state index contributed by atoms with van der Waals surface area (Å²) in [4.78, 5) is 43.2. The fourth-order valence-corrected chi connectivity index (χ4v) is 3.86. The van der Waals surface area contributed by atoms with Crippen molar-refractivity contribution in [2.24, 2.45) is 0 Å². The maximum absolute atomic E-state index is 12.7. The highest BCUT2D eigenvalue weighted by atomic mass is 32.1. The van der Waals surface area contributed by atoms with Crippen molar-refractivity contribution in [3.63, 3.8) is 0 Å². The molecule has 1 aromatic carbocycles. The van der Waals surface area contributed by atoms with Gasteiger partial charge in [-0.15, -0.1) is 0 Å². The quantitative estimate of drug-likeness (QED) is 0.398. The molecule has 0 saturated heterocycles. The molecule has 0 aliphatic heterocycles. The topological polar surface area (TPSA) is 124 Å². The molecule has 0 atom stereocenters. The van der Waals surface area contributed by atoms with Crippen LogP contribution in [0.1, 0.15) is 28.0 Å². The number of aryl methyl sites for hydroxylation is 1. The predicted molar refractivity (Wildman–Crippen MR) is 101 cm³/mol. The van der Waals surface area contributed by atoms with Gasteiger partial charge in [-0.25, -0.2) is 9.78 Å². The fraction of sp³-hybridized carbons (Fsp3) is 0.222. The molecule has 142 valence electrons. The van der Waals surface area contributed by atoms with Gasteiger partial charge in [0, 0.05) is 11.1 Å². The molecule has 1 N–H and O–H groups in total. The number of thiazole rings is 1. The number of amides is 1. The van der Waals surface area contributed by atoms with Crippen LogP contribution in [0.3, 0.4) is 0 Å². The van der Waals surface area contributed by atoms with E-state index in [0.717, 1.165) is 53.6 Å². The molecule has 0 saturated carbocycles. The molecule has 28 heavy (non-hydrogen) atoms. The van der Waals surface area contributed by atoms with Crippen LogP contribution in [0.4, 0.5) is 10.1 Å². The standard InChI is InChI=1S/C18H14N4O5S/c23-14(21-18-19-8-15(28-18)22(25)26)9-27-17(24)16-10-4-1-2-6-12(10)20-13-7-3-5-11(13)16/h1-2,4,6,8H,3,5,7,9H2,(H,19,21,23). The van der Waals surface area contributed by atoms with Gasteiger partial charge in [-0.2, -0.15) is 0 Å². The number of ether oxygens (including phenoxy) is 1. The number of nitro groups is 1. The van der Waals surface area contributed by atoms with Gasteiger partial charge in [-0.05, 0) is 42.2 Å². The molecule has 1 amide bonds. The summed E-state index contributed by atoms with van der Waals surface area (Å²) in [5.41, 5.74) is 2.94. The molecule has 1 aliphatic carbocycles. The molecule has 3 aromatic rings. The van der Waals surface area contributed by atoms with Crippen LogP contribution in [0, 0.1) is 10.1 Å². The number of carbonyl (C=O) groups excluding carboxylic acids is 2. The van der Waals surface area contributed by atoms with Crippen LogP contribution in [0.25, 0.3) is 10.9 Å². The summed E-state index contributed by atoms with van der Waals surface area (Å²) in [6.07, 6.45) is 3.53. The molecule has 0 bridgehead atoms. The lowest BCUT2D eigenvalue weighted by Gasteiger charge is -2.12. The smallest absolute Gasteiger partial charge is 0.345 e. The summed E-state index contributed by atoms with van der Waals surface area (Å²) in [5.74, 6) is -1.20. The number of anilines is 1. The number of nitrogens with zero attached hydrogens (tertiary/aromatic N) is 3. The first-order valence-corrected chi connectivity index (χ1v) is 9.32. The van der Waals surface area contributed by atoms with Crippen LogP contribution in [-0.4, -0.2) is 33.4 Å². The maximum atomic E-state index is 12.7. The maximum Gasteiger partial charge on any atom is 0.345 e. The highest BCUT2D eigenvalue weighted by molar-refractivity contribution is 7.18. The highest BCUT2D eigenvalue weighted by Crippen LogP contribution is 2.30. The first kappa shape index (κ1) is 18.0. The first-order valence-electron chi connectivity index (χ1n) is 8.50. The lowest BCUT2D eigenvalue weighted by molar-refractivity contribution is -0.380. The van der Waals surface area contributed by atoms with E-state index in [0.29, 0.717) is 10.9 Å². The van der Waals surface area contributed by atoms with Crippen LogP contribution in [0.5, 0.6) is 0 Å². The molecule has 1 aliphatic rings. The van der Waals surface area contributed by atoms with Crippen molar-refractivity contribution in [1.82, 2.24) is 9.97 Å². The fourth-order valence-electron chi connectivity index (χ4n) is 3.21. The van der Waals surface area contributed by atoms with E-state index in [4.69, 9.17) is 4.74 Å². The minimum absolute atomic E-state index is 0.0722. The average Bonchev–Trinajstić information content (AvgIpc) is 3.33. The van der Waals surface area contributed by atoms with E-state index < -0.39 is 23.4 Å². The van der Waals surface area contributed by atoms with Crippen LogP contribution < -0.4 is 5.32 Å². The van der Waals surface area contributed by atoms with Crippen LogP contribution in [0.15, 0.2) is 30.5 Å². The molecule has 2 aromatic heterocycles. The third-order valence-corrected chi connectivity index (χ3v) is 5.24. The van der Waals surface area contributed by atoms with Gasteiger partial charge in [-0.1, -0.05) is 18.2 Å². The Morgan fingerprint density at radius 3 is 2.89 bits per heavy atom. The van der Waals surface area contributed by atoms with E-state index in [-0.39, 0.29) is 10.1 Å². The number of pyridine rings is 1. The largest absolute Gasteiger partial charge is 0.452 e. The van der Waals surface area contributed by atoms with Crippen molar-refractivity contribution in [2.45, 2.75) is 19.3 Å². The van der Waals surface area contributed by atoms with Crippen LogP contribution in [0.2, 0.25) is 0 Å². The number of benzene rings is 1. The molecule has 4 rings (SSSR count). The Kier molecular flexibility index (Phi) is 4.70. The van der Waals surface area contributed by atoms with Gasteiger partial charge in [0.1, 0.15) is 6.20 Å². The summed E-state index contributed by atoms with van der Waals surface area (Å²) in [7, 11) is 0. The van der Waals surface area contributed by atoms with Gasteiger partial charge >= 0.3 is 11.0 Å². The molecular formula is C18H14N4O5S. The summed E-state index contributed by atoms with van der Waals surface area (Å²) < 4.78 is 5.21. The second-order valence-corrected chi connectivity index (χ2v) is 7.18. The molecule has 9 nitrogen and oxygen atoms in total. The van der Waals surface area contributed by atoms with Crippen molar-refractivity contribution in [2.75, 3.05) is 11.9 Å². The summed E-state index contributed by atoms with van der Waals surface area (Å²) in [5, 5.41) is 13.6. The minimum Gasteiger partial charge on any atom is -0.452 e. The van der Waals surface area contributed by atoms with E-state index in [1.807, 2.05) is 24.3 Å². The lowest BCUT2D eigenvalue weighted by atomic mass is 10.0. The minimum atomic E-state index is -0.618. The third kappa shape index (κ3) is 3.41. The van der Waals surface area contributed by atoms with Gasteiger partial charge in [-0.3, -0.25) is 25.2 Å². The Morgan fingerprint density at radius 2 is 2.11 bits per heavy atom. The Bertz CT molecular complexity index is 1110. The number of hydrogen-bond acceptors (Lipinski definition) is 8. The van der Waals surface area contributed by atoms with Gasteiger partial charge in [0.05, 0.1) is 16.0 Å². The summed E-state index contributed by atoms with van der Waals surface area (Å²) >= 11 is 0.727. The van der Waals surface area contributed by atoms with E-state index in [1.165, 1.54) is 0 Å². The average molecular weight is 398 g/mol. The van der Waals surface area contributed by atoms with Crippen molar-refractivity contribution in [3.05, 3.63) is 57.4 Å². The first-order chi connectivity index (χ1) is 13.5. The van der Waals surface area contributed by atoms with Gasteiger partial charge in [0.25, 0.3) is 5.91 Å². The van der Waals surface area contributed by atoms with E-state index in [9.17, 15) is 19.7 Å². The zero-order valence-corrected chi connectivity index (χ0v) is 15.3. The number of fused-ring (bicyclic) bond motifs is 2. The summed E-state index contributed by atoms with van der Waals surface area (Å²) in [6.45, 7) is -0.516. The normalized spacial score (nSPS) is 12.6. The van der Waals surface area contributed by atoms with Crippen LogP contribution >= 0.6 is 11.3 Å².